The molecule has 0 spiro atoms. The lowest BCUT2D eigenvalue weighted by Crippen LogP contribution is -2.06. The Morgan fingerprint density at radius 1 is 0.909 bits per heavy atom. The predicted molar refractivity (Wildman–Crippen MR) is 125 cm³/mol. The fourth-order valence-electron chi connectivity index (χ4n) is 3.83. The molecule has 0 bridgehead atoms. The monoisotopic (exact) mass is 446 g/mol. The van der Waals surface area contributed by atoms with Crippen LogP contribution < -0.4 is 14.9 Å². The number of ether oxygens (including phenoxy) is 2. The summed E-state index contributed by atoms with van der Waals surface area (Å²) in [6, 6.07) is 14.0. The summed E-state index contributed by atoms with van der Waals surface area (Å²) in [5.41, 5.74) is 1.05. The number of hydrogen-bond acceptors (Lipinski definition) is 7. The minimum atomic E-state index is -0.642. The van der Waals surface area contributed by atoms with E-state index in [-0.39, 0.29) is 39.5 Å². The van der Waals surface area contributed by atoms with Crippen LogP contribution in [-0.4, -0.2) is 29.5 Å². The molecule has 0 fully saturated rings. The van der Waals surface area contributed by atoms with Gasteiger partial charge in [0.05, 0.1) is 14.2 Å². The summed E-state index contributed by atoms with van der Waals surface area (Å²) >= 11 is 0. The maximum absolute atomic E-state index is 13.0. The zero-order chi connectivity index (χ0) is 23.7. The van der Waals surface area contributed by atoms with E-state index >= 15 is 0 Å². The quantitative estimate of drug-likeness (QED) is 0.361. The predicted octanol–water partition coefficient (Wildman–Crippen LogP) is 4.91. The Hall–Kier alpha value is -4.39. The van der Waals surface area contributed by atoms with E-state index in [0.717, 1.165) is 6.07 Å². The molecule has 7 heteroatoms. The van der Waals surface area contributed by atoms with Crippen LogP contribution in [0.5, 0.6) is 28.7 Å². The van der Waals surface area contributed by atoms with Crippen LogP contribution in [0.25, 0.3) is 22.3 Å². The van der Waals surface area contributed by atoms with Crippen molar-refractivity contribution in [1.29, 1.82) is 0 Å². The van der Waals surface area contributed by atoms with Crippen molar-refractivity contribution in [2.24, 2.45) is 0 Å². The van der Waals surface area contributed by atoms with Crippen LogP contribution in [0.3, 0.4) is 0 Å². The highest BCUT2D eigenvalue weighted by Gasteiger charge is 2.25. The molecule has 0 aliphatic heterocycles. The van der Waals surface area contributed by atoms with Gasteiger partial charge < -0.3 is 29.2 Å². The van der Waals surface area contributed by atoms with E-state index in [1.54, 1.807) is 49.6 Å². The summed E-state index contributed by atoms with van der Waals surface area (Å²) in [4.78, 5) is 13.0. The number of phenols is 3. The van der Waals surface area contributed by atoms with E-state index in [0.29, 0.717) is 16.9 Å². The maximum atomic E-state index is 13.0. The summed E-state index contributed by atoms with van der Waals surface area (Å²) in [5.74, 6) is -0.214. The Bertz CT molecular complexity index is 1400. The van der Waals surface area contributed by atoms with Gasteiger partial charge in [-0.25, -0.2) is 0 Å². The van der Waals surface area contributed by atoms with Crippen LogP contribution in [0.15, 0.2) is 76.5 Å². The van der Waals surface area contributed by atoms with Crippen LogP contribution in [-0.2, 0) is 0 Å². The highest BCUT2D eigenvalue weighted by atomic mass is 16.5. The number of fused-ring (bicyclic) bond motifs is 1. The first-order chi connectivity index (χ1) is 15.9. The number of rotatable bonds is 6. The number of methoxy groups -OCH3 is 2. The number of allylic oxidation sites excluding steroid dienone is 1. The van der Waals surface area contributed by atoms with Crippen molar-refractivity contribution < 1.29 is 29.2 Å². The Morgan fingerprint density at radius 3 is 2.27 bits per heavy atom. The Kier molecular flexibility index (Phi) is 5.70. The van der Waals surface area contributed by atoms with Crippen molar-refractivity contribution in [2.45, 2.75) is 5.92 Å². The standard InChI is InChI=1S/C26H22O7/c1-4-17(15-7-10-18(27)23(11-15)32-3)24-19(28)12-20(29)25-21(30)13-22(33-26(24)25)14-5-8-16(31-2)9-6-14/h4-13,17,27-29H,1H2,2-3H3/t17-/m0/s1. The van der Waals surface area contributed by atoms with E-state index in [4.69, 9.17) is 13.9 Å². The first kappa shape index (κ1) is 21.8. The summed E-state index contributed by atoms with van der Waals surface area (Å²) < 4.78 is 16.5. The minimum Gasteiger partial charge on any atom is -0.507 e. The van der Waals surface area contributed by atoms with Gasteiger partial charge in [0, 0.05) is 29.2 Å². The largest absolute Gasteiger partial charge is 0.507 e. The smallest absolute Gasteiger partial charge is 0.197 e. The second kappa shape index (κ2) is 8.63. The highest BCUT2D eigenvalue weighted by molar-refractivity contribution is 5.90. The van der Waals surface area contributed by atoms with Gasteiger partial charge in [0.15, 0.2) is 16.9 Å². The van der Waals surface area contributed by atoms with Crippen LogP contribution >= 0.6 is 0 Å². The lowest BCUT2D eigenvalue weighted by Gasteiger charge is -2.19. The molecular formula is C26H22O7. The number of phenolic OH excluding ortho intramolecular Hbond substituents is 3. The van der Waals surface area contributed by atoms with Gasteiger partial charge in [-0.3, -0.25) is 4.79 Å². The zero-order valence-corrected chi connectivity index (χ0v) is 18.0. The Labute approximate surface area is 189 Å². The third kappa shape index (κ3) is 3.85. The van der Waals surface area contributed by atoms with Crippen LogP contribution in [0.4, 0.5) is 0 Å². The van der Waals surface area contributed by atoms with Crippen molar-refractivity contribution in [3.8, 4) is 40.1 Å². The third-order valence-electron chi connectivity index (χ3n) is 5.48. The molecule has 0 radical (unpaired) electrons. The molecule has 4 rings (SSSR count). The van der Waals surface area contributed by atoms with E-state index in [2.05, 4.69) is 6.58 Å². The highest BCUT2D eigenvalue weighted by Crippen LogP contribution is 2.43. The van der Waals surface area contributed by atoms with Gasteiger partial charge in [0.1, 0.15) is 34.0 Å². The molecular weight excluding hydrogens is 424 g/mol. The second-order valence-electron chi connectivity index (χ2n) is 7.38. The normalized spacial score (nSPS) is 11.8. The molecule has 7 nitrogen and oxygen atoms in total. The van der Waals surface area contributed by atoms with Gasteiger partial charge in [-0.05, 0) is 42.0 Å². The van der Waals surface area contributed by atoms with Gasteiger partial charge in [0.25, 0.3) is 0 Å². The lowest BCUT2D eigenvalue weighted by molar-refractivity contribution is 0.373. The van der Waals surface area contributed by atoms with Crippen molar-refractivity contribution in [3.05, 3.63) is 88.6 Å². The van der Waals surface area contributed by atoms with Gasteiger partial charge >= 0.3 is 0 Å². The average molecular weight is 446 g/mol. The molecule has 0 unspecified atom stereocenters. The number of aromatic hydroxyl groups is 3. The molecule has 1 aromatic heterocycles. The SMILES string of the molecule is C=C[C@@H](c1ccc(O)c(OC)c1)c1c(O)cc(O)c2c(=O)cc(-c3ccc(OC)cc3)oc12. The molecule has 0 aliphatic carbocycles. The lowest BCUT2D eigenvalue weighted by atomic mass is 9.88. The van der Waals surface area contributed by atoms with Crippen LogP contribution in [0.1, 0.15) is 17.0 Å². The molecule has 3 N–H and O–H groups in total. The molecule has 4 aromatic rings. The summed E-state index contributed by atoms with van der Waals surface area (Å²) in [6.07, 6.45) is 1.57. The topological polar surface area (TPSA) is 109 Å². The number of hydrogen-bond donors (Lipinski definition) is 3. The Morgan fingerprint density at radius 2 is 1.64 bits per heavy atom. The van der Waals surface area contributed by atoms with Gasteiger partial charge in [-0.15, -0.1) is 6.58 Å². The third-order valence-corrected chi connectivity index (χ3v) is 5.48. The number of benzene rings is 3. The average Bonchev–Trinajstić information content (AvgIpc) is 2.81. The molecule has 1 atom stereocenters. The summed E-state index contributed by atoms with van der Waals surface area (Å²) in [5, 5.41) is 31.1. The summed E-state index contributed by atoms with van der Waals surface area (Å²) in [6.45, 7) is 3.87. The Balaban J connectivity index is 1.99. The second-order valence-corrected chi connectivity index (χ2v) is 7.38. The van der Waals surface area contributed by atoms with Gasteiger partial charge in [0.2, 0.25) is 0 Å². The van der Waals surface area contributed by atoms with E-state index in [9.17, 15) is 20.1 Å². The maximum Gasteiger partial charge on any atom is 0.197 e. The molecule has 168 valence electrons. The minimum absolute atomic E-state index is 0.0303. The van der Waals surface area contributed by atoms with Crippen molar-refractivity contribution in [1.82, 2.24) is 0 Å². The fourth-order valence-corrected chi connectivity index (χ4v) is 3.83. The van der Waals surface area contributed by atoms with E-state index in [1.165, 1.54) is 19.2 Å². The molecule has 33 heavy (non-hydrogen) atoms. The first-order valence-electron chi connectivity index (χ1n) is 10.0. The van der Waals surface area contributed by atoms with Crippen molar-refractivity contribution in [2.75, 3.05) is 14.2 Å². The van der Waals surface area contributed by atoms with Crippen molar-refractivity contribution in [3.63, 3.8) is 0 Å². The molecule has 0 saturated carbocycles. The van der Waals surface area contributed by atoms with Crippen molar-refractivity contribution >= 4 is 11.0 Å². The molecule has 1 heterocycles. The molecule has 0 amide bonds. The van der Waals surface area contributed by atoms with Crippen LogP contribution in [0, 0.1) is 0 Å². The molecule has 0 saturated heterocycles. The fraction of sp³-hybridized carbons (Fsp3) is 0.115. The van der Waals surface area contributed by atoms with Gasteiger partial charge in [-0.2, -0.15) is 0 Å². The van der Waals surface area contributed by atoms with Crippen LogP contribution in [0.2, 0.25) is 0 Å². The molecule has 3 aromatic carbocycles. The van der Waals surface area contributed by atoms with E-state index in [1.807, 2.05) is 0 Å². The summed E-state index contributed by atoms with van der Waals surface area (Å²) in [7, 11) is 2.98. The first-order valence-corrected chi connectivity index (χ1v) is 10.0. The zero-order valence-electron chi connectivity index (χ0n) is 18.0. The molecule has 0 aliphatic rings. The van der Waals surface area contributed by atoms with Gasteiger partial charge in [-0.1, -0.05) is 12.1 Å². The van der Waals surface area contributed by atoms with E-state index < -0.39 is 17.1 Å².